The van der Waals surface area contributed by atoms with Crippen LogP contribution < -0.4 is 9.61 Å². The quantitative estimate of drug-likeness (QED) is 0.376. The summed E-state index contributed by atoms with van der Waals surface area (Å²) in [5.74, 6) is -0.358. The minimum absolute atomic E-state index is 0.113. The number of thiazole rings is 1. The zero-order valence-corrected chi connectivity index (χ0v) is 17.5. The van der Waals surface area contributed by atoms with Crippen LogP contribution >= 0.6 is 50.6 Å². The number of aromatic amines is 1. The number of carbonyl (C=O) groups excluding carboxylic acids is 1. The highest BCUT2D eigenvalue weighted by molar-refractivity contribution is 9.10. The Balaban J connectivity index is 1.74. The van der Waals surface area contributed by atoms with Gasteiger partial charge in [0.05, 0.1) is 16.2 Å². The van der Waals surface area contributed by atoms with Crippen molar-refractivity contribution in [1.29, 1.82) is 0 Å². The molecular weight excluding hydrogens is 470 g/mol. The van der Waals surface area contributed by atoms with Crippen LogP contribution in [0, 0.1) is 5.92 Å². The van der Waals surface area contributed by atoms with Crippen LogP contribution in [0.5, 0.6) is 5.75 Å². The lowest BCUT2D eigenvalue weighted by Crippen LogP contribution is -2.37. The number of hydrogen-bond acceptors (Lipinski definition) is 5. The zero-order chi connectivity index (χ0) is 18.7. The van der Waals surface area contributed by atoms with E-state index in [4.69, 9.17) is 16.3 Å². The first-order valence-corrected chi connectivity index (χ1v) is 11.0. The monoisotopic (exact) mass is 479 g/mol. The first-order chi connectivity index (χ1) is 13.0. The summed E-state index contributed by atoms with van der Waals surface area (Å²) >= 11 is 12.2. The lowest BCUT2D eigenvalue weighted by atomic mass is 9.78. The van der Waals surface area contributed by atoms with Crippen molar-refractivity contribution < 1.29 is 9.53 Å². The number of hydrogen-bond donors (Lipinski definition) is 1. The average molecular weight is 481 g/mol. The van der Waals surface area contributed by atoms with Gasteiger partial charge in [0, 0.05) is 25.9 Å². The number of aromatic nitrogens is 1. The van der Waals surface area contributed by atoms with Crippen LogP contribution in [0.4, 0.5) is 0 Å². The Labute approximate surface area is 176 Å². The third-order valence-electron chi connectivity index (χ3n) is 4.84. The molecule has 0 spiro atoms. The van der Waals surface area contributed by atoms with Crippen molar-refractivity contribution in [3.05, 3.63) is 77.6 Å². The molecule has 1 N–H and O–H groups in total. The summed E-state index contributed by atoms with van der Waals surface area (Å²) in [5, 5.41) is 1.29. The summed E-state index contributed by atoms with van der Waals surface area (Å²) in [5.41, 5.74) is 1.90. The van der Waals surface area contributed by atoms with Crippen molar-refractivity contribution in [2.24, 2.45) is 5.92 Å². The predicted octanol–water partition coefficient (Wildman–Crippen LogP) is 5.37. The molecule has 136 valence electrons. The third kappa shape index (κ3) is 2.88. The molecule has 1 aromatic heterocycles. The molecule has 3 atom stereocenters. The van der Waals surface area contributed by atoms with Crippen LogP contribution in [-0.2, 0) is 4.79 Å². The Morgan fingerprint density at radius 3 is 2.67 bits per heavy atom. The van der Waals surface area contributed by atoms with Gasteiger partial charge in [-0.15, -0.1) is 0 Å². The molecule has 0 radical (unpaired) electrons. The van der Waals surface area contributed by atoms with E-state index >= 15 is 0 Å². The fraction of sp³-hybridized carbons (Fsp3) is 0.158. The van der Waals surface area contributed by atoms with Crippen LogP contribution in [0.25, 0.3) is 0 Å². The molecule has 0 unspecified atom stereocenters. The molecule has 3 heterocycles. The number of esters is 1. The van der Waals surface area contributed by atoms with Gasteiger partial charge in [-0.25, -0.2) is 0 Å². The number of H-pyrrole nitrogens is 1. The van der Waals surface area contributed by atoms with Crippen LogP contribution in [-0.4, -0.2) is 11.0 Å². The summed E-state index contributed by atoms with van der Waals surface area (Å²) in [7, 11) is 0. The summed E-state index contributed by atoms with van der Waals surface area (Å²) in [6, 6.07) is 13.1. The Morgan fingerprint density at radius 2 is 1.89 bits per heavy atom. The summed E-state index contributed by atoms with van der Waals surface area (Å²) in [4.78, 5) is 28.8. The number of ether oxygens (including phenoxy) is 1. The van der Waals surface area contributed by atoms with Crippen molar-refractivity contribution >= 4 is 56.6 Å². The highest BCUT2D eigenvalue weighted by Crippen LogP contribution is 2.58. The number of rotatable bonds is 1. The SMILES string of the molecule is O=C1Oc2ccc(Br)cc2[C@H]2c3sc(=O)[nH]c3S[C@@H](c3ccc(Cl)cc3)[C@H]12. The third-order valence-corrected chi connectivity index (χ3v) is 8.06. The first-order valence-electron chi connectivity index (χ1n) is 8.17. The Morgan fingerprint density at radius 1 is 1.11 bits per heavy atom. The molecule has 0 saturated carbocycles. The molecule has 0 amide bonds. The van der Waals surface area contributed by atoms with E-state index in [1.54, 1.807) is 6.07 Å². The van der Waals surface area contributed by atoms with Gasteiger partial charge in [0.2, 0.25) is 0 Å². The molecule has 27 heavy (non-hydrogen) atoms. The minimum atomic E-state index is -0.420. The normalized spacial score (nSPS) is 23.2. The van der Waals surface area contributed by atoms with Gasteiger partial charge in [-0.05, 0) is 35.9 Å². The van der Waals surface area contributed by atoms with E-state index in [0.29, 0.717) is 10.8 Å². The van der Waals surface area contributed by atoms with Crippen molar-refractivity contribution in [2.75, 3.05) is 0 Å². The highest BCUT2D eigenvalue weighted by atomic mass is 79.9. The maximum absolute atomic E-state index is 13.0. The van der Waals surface area contributed by atoms with Crippen molar-refractivity contribution in [3.8, 4) is 5.75 Å². The lowest BCUT2D eigenvalue weighted by molar-refractivity contribution is -0.140. The molecule has 4 nitrogen and oxygen atoms in total. The molecule has 8 heteroatoms. The molecule has 2 aliphatic heterocycles. The Hall–Kier alpha value is -1.54. The topological polar surface area (TPSA) is 59.2 Å². The lowest BCUT2D eigenvalue weighted by Gasteiger charge is -2.39. The largest absolute Gasteiger partial charge is 0.426 e. The van der Waals surface area contributed by atoms with E-state index < -0.39 is 5.92 Å². The number of carbonyl (C=O) groups is 1. The van der Waals surface area contributed by atoms with E-state index in [1.807, 2.05) is 36.4 Å². The maximum Gasteiger partial charge on any atom is 0.316 e. The molecular formula is C19H11BrClNO3S2. The van der Waals surface area contributed by atoms with Crippen molar-refractivity contribution in [3.63, 3.8) is 0 Å². The second-order valence-electron chi connectivity index (χ2n) is 6.40. The van der Waals surface area contributed by atoms with Gasteiger partial charge in [-0.2, -0.15) is 0 Å². The van der Waals surface area contributed by atoms with E-state index in [2.05, 4.69) is 20.9 Å². The molecule has 5 rings (SSSR count). The maximum atomic E-state index is 13.0. The number of thioether (sulfide) groups is 1. The minimum Gasteiger partial charge on any atom is -0.426 e. The second kappa shape index (κ2) is 6.51. The summed E-state index contributed by atoms with van der Waals surface area (Å²) in [6.45, 7) is 0. The molecule has 3 aromatic rings. The first kappa shape index (κ1) is 17.6. The van der Waals surface area contributed by atoms with Gasteiger partial charge in [0.25, 0.3) is 0 Å². The number of nitrogens with one attached hydrogen (secondary N) is 1. The average Bonchev–Trinajstić information content (AvgIpc) is 3.02. The fourth-order valence-corrected chi connectivity index (χ4v) is 6.80. The van der Waals surface area contributed by atoms with Crippen LogP contribution in [0.15, 0.2) is 56.8 Å². The molecule has 2 aromatic carbocycles. The van der Waals surface area contributed by atoms with E-state index in [1.165, 1.54) is 23.1 Å². The highest BCUT2D eigenvalue weighted by Gasteiger charge is 2.49. The fourth-order valence-electron chi connectivity index (χ4n) is 3.71. The van der Waals surface area contributed by atoms with Gasteiger partial charge in [-0.3, -0.25) is 9.59 Å². The smallest absolute Gasteiger partial charge is 0.316 e. The van der Waals surface area contributed by atoms with Gasteiger partial charge in [0.1, 0.15) is 5.75 Å². The molecule has 0 aliphatic carbocycles. The van der Waals surface area contributed by atoms with Gasteiger partial charge in [-0.1, -0.05) is 62.8 Å². The second-order valence-corrected chi connectivity index (χ2v) is 9.92. The van der Waals surface area contributed by atoms with Gasteiger partial charge < -0.3 is 9.72 Å². The summed E-state index contributed by atoms with van der Waals surface area (Å²) < 4.78 is 6.58. The van der Waals surface area contributed by atoms with E-state index in [-0.39, 0.29) is 22.0 Å². The van der Waals surface area contributed by atoms with Crippen molar-refractivity contribution in [1.82, 2.24) is 4.98 Å². The van der Waals surface area contributed by atoms with Crippen LogP contribution in [0.1, 0.15) is 27.2 Å². The van der Waals surface area contributed by atoms with Gasteiger partial charge in [0.15, 0.2) is 0 Å². The van der Waals surface area contributed by atoms with Gasteiger partial charge >= 0.3 is 10.8 Å². The van der Waals surface area contributed by atoms with Crippen LogP contribution in [0.2, 0.25) is 5.02 Å². The summed E-state index contributed by atoms with van der Waals surface area (Å²) in [6.07, 6.45) is 0. The zero-order valence-electron chi connectivity index (χ0n) is 13.6. The van der Waals surface area contributed by atoms with E-state index in [0.717, 1.165) is 25.5 Å². The van der Waals surface area contributed by atoms with E-state index in [9.17, 15) is 9.59 Å². The Bertz CT molecular complexity index is 1120. The van der Waals surface area contributed by atoms with Crippen LogP contribution in [0.3, 0.4) is 0 Å². The number of benzene rings is 2. The predicted molar refractivity (Wildman–Crippen MR) is 110 cm³/mol. The Kier molecular flexibility index (Phi) is 4.23. The standard InChI is InChI=1S/C19H11BrClNO3S2/c20-9-3-6-12-11(7-9)13-14(18(23)25-12)15(8-1-4-10(21)5-2-8)26-17-16(13)27-19(24)22-17/h1-7,13-15H,(H,22,24)/t13-,14-,15+/m1/s1. The number of halogens is 2. The molecule has 0 fully saturated rings. The molecule has 2 aliphatic rings. The number of fused-ring (bicyclic) bond motifs is 5. The molecule has 0 saturated heterocycles. The molecule has 0 bridgehead atoms. The van der Waals surface area contributed by atoms with Crippen molar-refractivity contribution in [2.45, 2.75) is 16.2 Å².